The molecular formula is C15H15ClFNOS. The summed E-state index contributed by atoms with van der Waals surface area (Å²) in [7, 11) is 0. The minimum absolute atomic E-state index is 0.217. The molecule has 0 aromatic heterocycles. The van der Waals surface area contributed by atoms with Crippen LogP contribution in [0.1, 0.15) is 11.1 Å². The van der Waals surface area contributed by atoms with Crippen LogP contribution in [0, 0.1) is 0 Å². The van der Waals surface area contributed by atoms with Crippen LogP contribution in [0.3, 0.4) is 0 Å². The molecule has 2 nitrogen and oxygen atoms in total. The summed E-state index contributed by atoms with van der Waals surface area (Å²) in [4.78, 5) is 0.586. The summed E-state index contributed by atoms with van der Waals surface area (Å²) in [5, 5.41) is 0.525. The fraction of sp³-hybridized carbons (Fsp3) is 0.200. The monoisotopic (exact) mass is 311 g/mol. The first-order chi connectivity index (χ1) is 9.70. The van der Waals surface area contributed by atoms with Crippen LogP contribution >= 0.6 is 11.6 Å². The van der Waals surface area contributed by atoms with Gasteiger partial charge in [0.15, 0.2) is 4.90 Å². The van der Waals surface area contributed by atoms with Crippen LogP contribution < -0.4 is 4.72 Å². The van der Waals surface area contributed by atoms with Crippen LogP contribution in [-0.4, -0.2) is 11.2 Å². The number of hydrogen-bond donors (Lipinski definition) is 1. The Bertz CT molecular complexity index is 553. The van der Waals surface area contributed by atoms with Crippen LogP contribution in [0.2, 0.25) is 5.02 Å². The molecule has 0 saturated heterocycles. The molecule has 0 aliphatic carbocycles. The first-order valence-corrected chi connectivity index (χ1v) is 7.77. The van der Waals surface area contributed by atoms with E-state index >= 15 is 0 Å². The van der Waals surface area contributed by atoms with Crippen molar-refractivity contribution in [2.24, 2.45) is 0 Å². The molecule has 1 atom stereocenters. The summed E-state index contributed by atoms with van der Waals surface area (Å²) in [6.07, 6.45) is 0.217. The van der Waals surface area contributed by atoms with E-state index in [-0.39, 0.29) is 6.42 Å². The molecule has 0 heterocycles. The van der Waals surface area contributed by atoms with Gasteiger partial charge in [-0.25, -0.2) is 0 Å². The maximum absolute atomic E-state index is 12.5. The van der Waals surface area contributed by atoms with E-state index in [1.54, 1.807) is 18.2 Å². The molecule has 0 aliphatic heterocycles. The van der Waals surface area contributed by atoms with Gasteiger partial charge in [0.2, 0.25) is 0 Å². The maximum atomic E-state index is 12.5. The van der Waals surface area contributed by atoms with Gasteiger partial charge in [0.25, 0.3) is 0 Å². The zero-order valence-electron chi connectivity index (χ0n) is 10.8. The summed E-state index contributed by atoms with van der Waals surface area (Å²) < 4.78 is 27.7. The van der Waals surface area contributed by atoms with E-state index in [1.165, 1.54) is 0 Å². The quantitative estimate of drug-likeness (QED) is 0.826. The zero-order chi connectivity index (χ0) is 14.4. The molecule has 0 radical (unpaired) electrons. The fourth-order valence-corrected chi connectivity index (χ4v) is 3.09. The third-order valence-electron chi connectivity index (χ3n) is 2.84. The summed E-state index contributed by atoms with van der Waals surface area (Å²) >= 11 is 4.51. The molecule has 1 unspecified atom stereocenters. The standard InChI is InChI=1S/C15H15ClFNOS/c16-14-6-7-15(13(10-14)8-9-17)20(19)18-11-12-4-2-1-3-5-12/h1-7,10,18H,8-9,11H2. The van der Waals surface area contributed by atoms with Crippen molar-refractivity contribution < 1.29 is 8.94 Å². The molecule has 0 aliphatic rings. The predicted octanol–water partition coefficient (Wildman–Crippen LogP) is 3.66. The van der Waals surface area contributed by atoms with Crippen molar-refractivity contribution in [2.75, 3.05) is 6.67 Å². The van der Waals surface area contributed by atoms with Gasteiger partial charge >= 0.3 is 0 Å². The molecular weight excluding hydrogens is 297 g/mol. The van der Waals surface area contributed by atoms with E-state index in [0.29, 0.717) is 22.0 Å². The van der Waals surface area contributed by atoms with E-state index in [0.717, 1.165) is 5.56 Å². The largest absolute Gasteiger partial charge is 0.593 e. The molecule has 0 spiro atoms. The third kappa shape index (κ3) is 4.21. The molecule has 0 amide bonds. The van der Waals surface area contributed by atoms with E-state index in [4.69, 9.17) is 11.6 Å². The van der Waals surface area contributed by atoms with Gasteiger partial charge in [0.1, 0.15) is 0 Å². The van der Waals surface area contributed by atoms with Gasteiger partial charge < -0.3 is 4.55 Å². The van der Waals surface area contributed by atoms with E-state index in [9.17, 15) is 8.94 Å². The molecule has 2 aromatic rings. The lowest BCUT2D eigenvalue weighted by molar-refractivity contribution is 0.492. The summed E-state index contributed by atoms with van der Waals surface area (Å²) in [5.74, 6) is 0. The lowest BCUT2D eigenvalue weighted by Gasteiger charge is -2.14. The lowest BCUT2D eigenvalue weighted by atomic mass is 10.2. The average Bonchev–Trinajstić information content (AvgIpc) is 2.46. The van der Waals surface area contributed by atoms with Crippen LogP contribution in [0.15, 0.2) is 53.4 Å². The molecule has 5 heteroatoms. The van der Waals surface area contributed by atoms with Crippen molar-refractivity contribution in [3.8, 4) is 0 Å². The summed E-state index contributed by atoms with van der Waals surface area (Å²) in [5.41, 5.74) is 1.72. The second-order valence-electron chi connectivity index (χ2n) is 4.27. The minimum atomic E-state index is -1.38. The minimum Gasteiger partial charge on any atom is -0.593 e. The summed E-state index contributed by atoms with van der Waals surface area (Å²) in [6.45, 7) is -0.00559. The Morgan fingerprint density at radius 3 is 2.60 bits per heavy atom. The highest BCUT2D eigenvalue weighted by atomic mass is 35.5. The van der Waals surface area contributed by atoms with Gasteiger partial charge in [-0.3, -0.25) is 4.39 Å². The second kappa shape index (κ2) is 7.64. The van der Waals surface area contributed by atoms with Crippen LogP contribution in [0.25, 0.3) is 0 Å². The predicted molar refractivity (Wildman–Crippen MR) is 80.8 cm³/mol. The first kappa shape index (κ1) is 15.3. The normalized spacial score (nSPS) is 12.3. The third-order valence-corrected chi connectivity index (χ3v) is 4.28. The average molecular weight is 312 g/mol. The Kier molecular flexibility index (Phi) is 5.86. The lowest BCUT2D eigenvalue weighted by Crippen LogP contribution is -2.24. The first-order valence-electron chi connectivity index (χ1n) is 6.24. The molecule has 0 fully saturated rings. The molecule has 0 saturated carbocycles. The van der Waals surface area contributed by atoms with Crippen LogP contribution in [0.5, 0.6) is 0 Å². The molecule has 2 rings (SSSR count). The van der Waals surface area contributed by atoms with Crippen LogP contribution in [0.4, 0.5) is 4.39 Å². The Morgan fingerprint density at radius 2 is 1.90 bits per heavy atom. The van der Waals surface area contributed by atoms with E-state index < -0.39 is 18.0 Å². The van der Waals surface area contributed by atoms with Crippen molar-refractivity contribution >= 4 is 23.0 Å². The van der Waals surface area contributed by atoms with Gasteiger partial charge in [-0.05, 0) is 23.8 Å². The van der Waals surface area contributed by atoms with Gasteiger partial charge in [0, 0.05) is 17.0 Å². The Hall–Kier alpha value is -1.07. The number of hydrogen-bond acceptors (Lipinski definition) is 2. The fourth-order valence-electron chi connectivity index (χ4n) is 1.85. The number of halogens is 2. The summed E-state index contributed by atoms with van der Waals surface area (Å²) in [6, 6.07) is 14.7. The number of benzene rings is 2. The van der Waals surface area contributed by atoms with Crippen molar-refractivity contribution in [1.29, 1.82) is 0 Å². The molecule has 106 valence electrons. The van der Waals surface area contributed by atoms with Crippen molar-refractivity contribution in [3.05, 3.63) is 64.7 Å². The van der Waals surface area contributed by atoms with Gasteiger partial charge in [-0.2, -0.15) is 0 Å². The van der Waals surface area contributed by atoms with Crippen molar-refractivity contribution in [1.82, 2.24) is 4.72 Å². The molecule has 1 N–H and O–H groups in total. The highest BCUT2D eigenvalue weighted by molar-refractivity contribution is 7.89. The Morgan fingerprint density at radius 1 is 1.15 bits per heavy atom. The Balaban J connectivity index is 2.06. The van der Waals surface area contributed by atoms with E-state index in [1.807, 2.05) is 30.3 Å². The zero-order valence-corrected chi connectivity index (χ0v) is 12.4. The molecule has 2 aromatic carbocycles. The van der Waals surface area contributed by atoms with E-state index in [2.05, 4.69) is 4.72 Å². The number of nitrogens with one attached hydrogen (secondary N) is 1. The second-order valence-corrected chi connectivity index (χ2v) is 5.97. The topological polar surface area (TPSA) is 35.1 Å². The van der Waals surface area contributed by atoms with Crippen molar-refractivity contribution in [2.45, 2.75) is 17.9 Å². The van der Waals surface area contributed by atoms with Gasteiger partial charge in [-0.15, -0.1) is 4.72 Å². The number of aryl methyl sites for hydroxylation is 1. The molecule has 20 heavy (non-hydrogen) atoms. The highest BCUT2D eigenvalue weighted by Gasteiger charge is 2.16. The number of alkyl halides is 1. The highest BCUT2D eigenvalue weighted by Crippen LogP contribution is 2.21. The van der Waals surface area contributed by atoms with Crippen molar-refractivity contribution in [3.63, 3.8) is 0 Å². The van der Waals surface area contributed by atoms with Gasteiger partial charge in [0.05, 0.1) is 24.6 Å². The smallest absolute Gasteiger partial charge is 0.177 e. The van der Waals surface area contributed by atoms with Gasteiger partial charge in [-0.1, -0.05) is 41.9 Å². The van der Waals surface area contributed by atoms with Crippen LogP contribution in [-0.2, 0) is 24.3 Å². The number of rotatable bonds is 6. The molecule has 0 bridgehead atoms. The SMILES string of the molecule is [O-][S+](NCc1ccccc1)c1ccc(Cl)cc1CCF. The Labute approximate surface area is 126 Å². The maximum Gasteiger partial charge on any atom is 0.177 e.